The molecule has 0 aliphatic carbocycles. The maximum absolute atomic E-state index is 3.82. The molecule has 0 atom stereocenters. The minimum absolute atomic E-state index is 0.580. The monoisotopic (exact) mass is 348 g/mol. The first-order chi connectivity index (χ1) is 11.0. The number of aromatic nitrogens is 1. The summed E-state index contributed by atoms with van der Waals surface area (Å²) in [4.78, 5) is 7.51. The Kier molecular flexibility index (Phi) is 9.07. The van der Waals surface area contributed by atoms with E-state index in [-0.39, 0.29) is 0 Å². The van der Waals surface area contributed by atoms with E-state index in [0.29, 0.717) is 5.92 Å². The van der Waals surface area contributed by atoms with Gasteiger partial charge in [0, 0.05) is 27.5 Å². The summed E-state index contributed by atoms with van der Waals surface area (Å²) < 4.78 is 1.35. The summed E-state index contributed by atoms with van der Waals surface area (Å²) in [6.07, 6.45) is 9.16. The lowest BCUT2D eigenvalue weighted by molar-refractivity contribution is 0.414. The first-order valence-corrected chi connectivity index (χ1v) is 9.64. The van der Waals surface area contributed by atoms with Gasteiger partial charge in [-0.15, -0.1) is 22.7 Å². The molecule has 0 radical (unpaired) electrons. The Morgan fingerprint density at radius 2 is 2.09 bits per heavy atom. The van der Waals surface area contributed by atoms with Crippen molar-refractivity contribution in [1.82, 2.24) is 9.88 Å². The highest BCUT2D eigenvalue weighted by Crippen LogP contribution is 2.19. The lowest BCUT2D eigenvalue weighted by Crippen LogP contribution is -2.22. The smallest absolute Gasteiger partial charge is 0.0791 e. The number of rotatable bonds is 5. The van der Waals surface area contributed by atoms with Crippen molar-refractivity contribution >= 4 is 34.8 Å². The van der Waals surface area contributed by atoms with Crippen LogP contribution in [0.3, 0.4) is 0 Å². The third-order valence-electron chi connectivity index (χ3n) is 3.36. The Balaban J connectivity index is 0.000000446. The van der Waals surface area contributed by atoms with Crippen molar-refractivity contribution in [3.8, 4) is 0 Å². The zero-order valence-electron chi connectivity index (χ0n) is 14.9. The quantitative estimate of drug-likeness (QED) is 0.815. The van der Waals surface area contributed by atoms with Gasteiger partial charge in [0.2, 0.25) is 0 Å². The Hall–Kier alpha value is -1.23. The van der Waals surface area contributed by atoms with Crippen LogP contribution in [0, 0.1) is 0 Å². The molecule has 2 nitrogen and oxygen atoms in total. The van der Waals surface area contributed by atoms with Gasteiger partial charge in [-0.3, -0.25) is 4.98 Å². The van der Waals surface area contributed by atoms with Gasteiger partial charge >= 0.3 is 0 Å². The van der Waals surface area contributed by atoms with Crippen molar-refractivity contribution < 1.29 is 0 Å². The average molecular weight is 349 g/mol. The minimum atomic E-state index is 0.580. The molecule has 0 saturated heterocycles. The van der Waals surface area contributed by atoms with Gasteiger partial charge in [-0.1, -0.05) is 32.6 Å². The van der Waals surface area contributed by atoms with Gasteiger partial charge in [-0.25, -0.2) is 0 Å². The molecule has 126 valence electrons. The zero-order chi connectivity index (χ0) is 17.2. The molecule has 4 heteroatoms. The van der Waals surface area contributed by atoms with Gasteiger partial charge in [0.25, 0.3) is 0 Å². The lowest BCUT2D eigenvalue weighted by Gasteiger charge is -2.11. The van der Waals surface area contributed by atoms with Gasteiger partial charge < -0.3 is 4.90 Å². The van der Waals surface area contributed by atoms with Gasteiger partial charge in [0.05, 0.1) is 5.51 Å². The molecule has 2 aromatic heterocycles. The molecule has 0 unspecified atom stereocenters. The van der Waals surface area contributed by atoms with Crippen LogP contribution in [0.5, 0.6) is 0 Å². The number of hydrogen-bond donors (Lipinski definition) is 0. The van der Waals surface area contributed by atoms with Crippen LogP contribution in [0.2, 0.25) is 0 Å². The van der Waals surface area contributed by atoms with Crippen LogP contribution in [-0.4, -0.2) is 30.5 Å². The van der Waals surface area contributed by atoms with Crippen molar-refractivity contribution in [2.75, 3.05) is 20.6 Å². The van der Waals surface area contributed by atoms with Gasteiger partial charge in [-0.2, -0.15) is 0 Å². The first-order valence-electron chi connectivity index (χ1n) is 7.88. The topological polar surface area (TPSA) is 16.1 Å². The van der Waals surface area contributed by atoms with Crippen LogP contribution in [0.4, 0.5) is 0 Å². The van der Waals surface area contributed by atoms with Crippen LogP contribution >= 0.6 is 22.7 Å². The molecule has 2 heterocycles. The van der Waals surface area contributed by atoms with E-state index in [1.54, 1.807) is 23.0 Å². The first kappa shape index (κ1) is 19.8. The standard InChI is InChI=1S/C16H25NS.C3H3NS/c1-7-9-14-13(8-2)16(12(3)4)15(18-14)10-11-17(5)6;1-2-5-3-4-1/h7-9,12H,1,10-11H2,2-6H3;1-3H/b13-8+,14-9+;. The number of thiophene rings is 1. The third kappa shape index (κ3) is 6.42. The summed E-state index contributed by atoms with van der Waals surface area (Å²) in [6.45, 7) is 11.6. The van der Waals surface area contributed by atoms with E-state index in [9.17, 15) is 0 Å². The molecule has 0 aromatic carbocycles. The fourth-order valence-electron chi connectivity index (χ4n) is 2.37. The molecule has 23 heavy (non-hydrogen) atoms. The number of hydrogen-bond acceptors (Lipinski definition) is 4. The molecule has 2 aromatic rings. The maximum Gasteiger partial charge on any atom is 0.0791 e. The predicted octanol–water partition coefficient (Wildman–Crippen LogP) is 3.89. The van der Waals surface area contributed by atoms with Crippen molar-refractivity contribution in [2.45, 2.75) is 33.1 Å². The summed E-state index contributed by atoms with van der Waals surface area (Å²) in [6, 6.07) is 0. The van der Waals surface area contributed by atoms with Gasteiger partial charge in [-0.05, 0) is 50.2 Å². The van der Waals surface area contributed by atoms with Crippen molar-refractivity contribution in [1.29, 1.82) is 0 Å². The summed E-state index contributed by atoms with van der Waals surface area (Å²) >= 11 is 3.52. The number of thiazole rings is 1. The molecular weight excluding hydrogens is 320 g/mol. The van der Waals surface area contributed by atoms with E-state index in [1.165, 1.54) is 20.2 Å². The van der Waals surface area contributed by atoms with Crippen LogP contribution in [0.15, 0.2) is 29.7 Å². The second kappa shape index (κ2) is 10.5. The van der Waals surface area contributed by atoms with Crippen molar-refractivity contribution in [2.24, 2.45) is 0 Å². The molecule has 2 rings (SSSR count). The van der Waals surface area contributed by atoms with Crippen molar-refractivity contribution in [3.63, 3.8) is 0 Å². The normalized spacial score (nSPS) is 12.7. The second-order valence-corrected chi connectivity index (χ2v) is 7.68. The van der Waals surface area contributed by atoms with Crippen LogP contribution in [0.1, 0.15) is 37.1 Å². The maximum atomic E-state index is 3.82. The predicted molar refractivity (Wildman–Crippen MR) is 107 cm³/mol. The Morgan fingerprint density at radius 3 is 2.48 bits per heavy atom. The Morgan fingerprint density at radius 1 is 1.35 bits per heavy atom. The fourth-order valence-corrected chi connectivity index (χ4v) is 4.14. The summed E-state index contributed by atoms with van der Waals surface area (Å²) in [5.41, 5.74) is 3.32. The van der Waals surface area contributed by atoms with Gasteiger partial charge in [0.15, 0.2) is 0 Å². The Bertz CT molecular complexity index is 663. The van der Waals surface area contributed by atoms with E-state index in [4.69, 9.17) is 0 Å². The largest absolute Gasteiger partial charge is 0.309 e. The van der Waals surface area contributed by atoms with E-state index in [1.807, 2.05) is 22.8 Å². The highest BCUT2D eigenvalue weighted by Gasteiger charge is 2.12. The summed E-state index contributed by atoms with van der Waals surface area (Å²) in [7, 11) is 4.26. The third-order valence-corrected chi connectivity index (χ3v) is 5.13. The summed E-state index contributed by atoms with van der Waals surface area (Å²) in [5, 5.41) is 3.34. The fraction of sp³-hybridized carbons (Fsp3) is 0.421. The van der Waals surface area contributed by atoms with Crippen LogP contribution in [0.25, 0.3) is 12.2 Å². The van der Waals surface area contributed by atoms with Gasteiger partial charge in [0.1, 0.15) is 0 Å². The molecule has 0 aliphatic rings. The molecule has 0 bridgehead atoms. The SMILES string of the molecule is C=C/C=c1/sc(CCN(C)C)c(C(C)C)/c1=C/C.c1cscn1. The molecule has 0 aliphatic heterocycles. The zero-order valence-corrected chi connectivity index (χ0v) is 16.5. The molecule has 0 N–H and O–H groups in total. The molecular formula is C19H28N2S2. The van der Waals surface area contributed by atoms with Crippen molar-refractivity contribution in [3.05, 3.63) is 49.9 Å². The van der Waals surface area contributed by atoms with E-state index >= 15 is 0 Å². The highest BCUT2D eigenvalue weighted by atomic mass is 32.1. The highest BCUT2D eigenvalue weighted by molar-refractivity contribution is 7.10. The number of allylic oxidation sites excluding steroid dienone is 1. The van der Waals surface area contributed by atoms with E-state index in [2.05, 4.69) is 63.5 Å². The Labute approximate surface area is 148 Å². The van der Waals surface area contributed by atoms with E-state index in [0.717, 1.165) is 13.0 Å². The lowest BCUT2D eigenvalue weighted by atomic mass is 10.00. The second-order valence-electron chi connectivity index (χ2n) is 5.79. The summed E-state index contributed by atoms with van der Waals surface area (Å²) in [5.74, 6) is 0.580. The molecule has 0 amide bonds. The number of nitrogens with zero attached hydrogens (tertiary/aromatic N) is 2. The number of likely N-dealkylation sites (N-methyl/N-ethyl adjacent to an activating group) is 1. The molecule has 0 saturated carbocycles. The van der Waals surface area contributed by atoms with Crippen LogP contribution < -0.4 is 9.75 Å². The van der Waals surface area contributed by atoms with E-state index < -0.39 is 0 Å². The average Bonchev–Trinajstić information content (AvgIpc) is 3.16. The molecule has 0 spiro atoms. The minimum Gasteiger partial charge on any atom is -0.309 e. The molecule has 0 fully saturated rings. The van der Waals surface area contributed by atoms with Crippen LogP contribution in [-0.2, 0) is 6.42 Å².